The number of fused-ring (bicyclic) bond motifs is 1. The second-order valence-electron chi connectivity index (χ2n) is 8.06. The number of nitrogens with zero attached hydrogens (tertiary/aromatic N) is 4. The summed E-state index contributed by atoms with van der Waals surface area (Å²) >= 11 is 0. The number of carbonyl (C=O) groups excluding carboxylic acids is 1. The number of amides is 1. The zero-order valence-corrected chi connectivity index (χ0v) is 18.7. The number of carbonyl (C=O) groups is 1. The van der Waals surface area contributed by atoms with Gasteiger partial charge in [0.1, 0.15) is 17.5 Å². The molecule has 0 aliphatic carbocycles. The number of sulfonamides is 1. The molecule has 166 valence electrons. The molecule has 1 atom stereocenters. The van der Waals surface area contributed by atoms with Gasteiger partial charge in [-0.1, -0.05) is 0 Å². The second kappa shape index (κ2) is 8.16. The Kier molecular flexibility index (Phi) is 5.69. The van der Waals surface area contributed by atoms with Crippen LogP contribution in [0.2, 0.25) is 0 Å². The van der Waals surface area contributed by atoms with Crippen LogP contribution in [0.4, 0.5) is 10.2 Å². The van der Waals surface area contributed by atoms with Crippen molar-refractivity contribution in [3.05, 3.63) is 46.7 Å². The maximum absolute atomic E-state index is 13.6. The zero-order valence-electron chi connectivity index (χ0n) is 17.9. The number of aryl methyl sites for hydroxylation is 1. The number of aromatic nitrogens is 2. The van der Waals surface area contributed by atoms with Gasteiger partial charge in [0.25, 0.3) is 0 Å². The quantitative estimate of drug-likeness (QED) is 0.771. The molecule has 1 N–H and O–H groups in total. The molecule has 0 saturated carbocycles. The van der Waals surface area contributed by atoms with Crippen LogP contribution in [0.15, 0.2) is 23.1 Å². The van der Waals surface area contributed by atoms with E-state index in [0.29, 0.717) is 36.7 Å². The SMILES string of the molecule is CNc1nc(C2CCN(C(C)=O)C2)nc2c1CN(S(=O)(=O)c1ccc(F)c(C)c1)CC2. The van der Waals surface area contributed by atoms with Crippen LogP contribution in [0.1, 0.15) is 41.9 Å². The first kappa shape index (κ1) is 21.6. The largest absolute Gasteiger partial charge is 0.373 e. The van der Waals surface area contributed by atoms with Crippen molar-refractivity contribution < 1.29 is 17.6 Å². The highest BCUT2D eigenvalue weighted by atomic mass is 32.2. The van der Waals surface area contributed by atoms with Crippen LogP contribution < -0.4 is 5.32 Å². The highest BCUT2D eigenvalue weighted by Crippen LogP contribution is 2.32. The lowest BCUT2D eigenvalue weighted by molar-refractivity contribution is -0.127. The Hall–Kier alpha value is -2.59. The molecule has 1 fully saturated rings. The van der Waals surface area contributed by atoms with E-state index in [2.05, 4.69) is 10.3 Å². The number of nitrogens with one attached hydrogen (secondary N) is 1. The van der Waals surface area contributed by atoms with Crippen molar-refractivity contribution in [2.75, 3.05) is 32.0 Å². The number of halogens is 1. The molecular formula is C21H26FN5O3S. The van der Waals surface area contributed by atoms with Crippen molar-refractivity contribution in [3.63, 3.8) is 0 Å². The van der Waals surface area contributed by atoms with E-state index in [4.69, 9.17) is 4.98 Å². The molecule has 1 aromatic heterocycles. The topological polar surface area (TPSA) is 95.5 Å². The zero-order chi connectivity index (χ0) is 22.3. The van der Waals surface area contributed by atoms with Gasteiger partial charge in [-0.05, 0) is 37.1 Å². The van der Waals surface area contributed by atoms with Crippen molar-refractivity contribution >= 4 is 21.7 Å². The molecule has 10 heteroatoms. The van der Waals surface area contributed by atoms with Crippen molar-refractivity contribution in [2.45, 2.75) is 44.0 Å². The summed E-state index contributed by atoms with van der Waals surface area (Å²) in [6.45, 7) is 4.84. The maximum Gasteiger partial charge on any atom is 0.243 e. The van der Waals surface area contributed by atoms with E-state index in [1.807, 2.05) is 0 Å². The van der Waals surface area contributed by atoms with Gasteiger partial charge in [0.05, 0.1) is 10.6 Å². The van der Waals surface area contributed by atoms with Gasteiger partial charge >= 0.3 is 0 Å². The molecule has 31 heavy (non-hydrogen) atoms. The van der Waals surface area contributed by atoms with Gasteiger partial charge in [-0.25, -0.2) is 22.8 Å². The van der Waals surface area contributed by atoms with E-state index in [0.717, 1.165) is 17.7 Å². The minimum absolute atomic E-state index is 0.0474. The minimum atomic E-state index is -3.77. The maximum atomic E-state index is 13.6. The Bertz CT molecular complexity index is 1120. The lowest BCUT2D eigenvalue weighted by Gasteiger charge is -2.29. The summed E-state index contributed by atoms with van der Waals surface area (Å²) in [6, 6.07) is 3.84. The average Bonchev–Trinajstić information content (AvgIpc) is 3.25. The van der Waals surface area contributed by atoms with Gasteiger partial charge in [-0.2, -0.15) is 4.31 Å². The first-order valence-corrected chi connectivity index (χ1v) is 11.7. The van der Waals surface area contributed by atoms with Crippen LogP contribution >= 0.6 is 0 Å². The molecule has 1 aromatic carbocycles. The summed E-state index contributed by atoms with van der Waals surface area (Å²) < 4.78 is 41.3. The number of likely N-dealkylation sites (tertiary alicyclic amines) is 1. The first-order valence-electron chi connectivity index (χ1n) is 10.3. The molecule has 0 spiro atoms. The summed E-state index contributed by atoms with van der Waals surface area (Å²) in [6.07, 6.45) is 1.27. The van der Waals surface area contributed by atoms with Gasteiger partial charge in [-0.3, -0.25) is 4.79 Å². The molecule has 0 radical (unpaired) electrons. The third kappa shape index (κ3) is 4.01. The molecule has 8 nitrogen and oxygen atoms in total. The molecule has 1 saturated heterocycles. The summed E-state index contributed by atoms with van der Waals surface area (Å²) in [4.78, 5) is 22.9. The summed E-state index contributed by atoms with van der Waals surface area (Å²) in [5.41, 5.74) is 1.87. The molecule has 1 amide bonds. The van der Waals surface area contributed by atoms with Crippen LogP contribution in [-0.4, -0.2) is 60.2 Å². The summed E-state index contributed by atoms with van der Waals surface area (Å²) in [7, 11) is -2.02. The number of hydrogen-bond donors (Lipinski definition) is 1. The third-order valence-electron chi connectivity index (χ3n) is 6.05. The first-order chi connectivity index (χ1) is 14.7. The fraction of sp³-hybridized carbons (Fsp3) is 0.476. The number of hydrogen-bond acceptors (Lipinski definition) is 6. The summed E-state index contributed by atoms with van der Waals surface area (Å²) in [5.74, 6) is 0.988. The number of rotatable bonds is 4. The van der Waals surface area contributed by atoms with Gasteiger partial charge in [0.2, 0.25) is 15.9 Å². The van der Waals surface area contributed by atoms with Crippen LogP contribution in [-0.2, 0) is 27.8 Å². The normalized spacial score (nSPS) is 19.4. The molecule has 2 aliphatic heterocycles. The van der Waals surface area contributed by atoms with Gasteiger partial charge in [0.15, 0.2) is 0 Å². The average molecular weight is 448 g/mol. The molecule has 1 unspecified atom stereocenters. The van der Waals surface area contributed by atoms with Crippen molar-refractivity contribution in [1.29, 1.82) is 0 Å². The smallest absolute Gasteiger partial charge is 0.243 e. The Labute approximate surface area is 181 Å². The number of anilines is 1. The van der Waals surface area contributed by atoms with Crippen LogP contribution in [0.3, 0.4) is 0 Å². The lowest BCUT2D eigenvalue weighted by atomic mass is 10.0. The highest BCUT2D eigenvalue weighted by Gasteiger charge is 2.33. The molecular weight excluding hydrogens is 421 g/mol. The number of benzene rings is 1. The van der Waals surface area contributed by atoms with Gasteiger partial charge < -0.3 is 10.2 Å². The highest BCUT2D eigenvalue weighted by molar-refractivity contribution is 7.89. The van der Waals surface area contributed by atoms with E-state index in [1.165, 1.54) is 22.5 Å². The van der Waals surface area contributed by atoms with Crippen molar-refractivity contribution in [2.24, 2.45) is 0 Å². The third-order valence-corrected chi connectivity index (χ3v) is 7.89. The Morgan fingerprint density at radius 1 is 1.26 bits per heavy atom. The van der Waals surface area contributed by atoms with Crippen LogP contribution in [0, 0.1) is 12.7 Å². The molecule has 4 rings (SSSR count). The van der Waals surface area contributed by atoms with E-state index >= 15 is 0 Å². The summed E-state index contributed by atoms with van der Waals surface area (Å²) in [5, 5.41) is 3.08. The Morgan fingerprint density at radius 3 is 2.68 bits per heavy atom. The Morgan fingerprint density at radius 2 is 2.03 bits per heavy atom. The monoisotopic (exact) mass is 447 g/mol. The fourth-order valence-electron chi connectivity index (χ4n) is 4.19. The molecule has 3 heterocycles. The van der Waals surface area contributed by atoms with Gasteiger partial charge in [0, 0.05) is 58.1 Å². The minimum Gasteiger partial charge on any atom is -0.373 e. The van der Waals surface area contributed by atoms with Crippen LogP contribution in [0.5, 0.6) is 0 Å². The van der Waals surface area contributed by atoms with E-state index in [9.17, 15) is 17.6 Å². The second-order valence-corrected chi connectivity index (χ2v) is 9.99. The fourth-order valence-corrected chi connectivity index (χ4v) is 5.68. The molecule has 2 aliphatic rings. The van der Waals surface area contributed by atoms with Crippen molar-refractivity contribution in [1.82, 2.24) is 19.2 Å². The van der Waals surface area contributed by atoms with Gasteiger partial charge in [-0.15, -0.1) is 0 Å². The van der Waals surface area contributed by atoms with Crippen LogP contribution in [0.25, 0.3) is 0 Å². The van der Waals surface area contributed by atoms with Crippen molar-refractivity contribution in [3.8, 4) is 0 Å². The lowest BCUT2D eigenvalue weighted by Crippen LogP contribution is -2.37. The Balaban J connectivity index is 1.62. The van der Waals surface area contributed by atoms with E-state index in [1.54, 1.807) is 25.8 Å². The molecule has 0 bridgehead atoms. The standard InChI is InChI=1S/C21H26FN5O3S/c1-13-10-16(4-5-18(13)22)31(29,30)27-9-7-19-17(12-27)21(23-3)25-20(24-19)15-6-8-26(11-15)14(2)28/h4-5,10,15H,6-9,11-12H2,1-3H3,(H,23,24,25). The molecule has 2 aromatic rings. The van der Waals surface area contributed by atoms with E-state index < -0.39 is 15.8 Å². The predicted molar refractivity (Wildman–Crippen MR) is 114 cm³/mol. The van der Waals surface area contributed by atoms with E-state index in [-0.39, 0.29) is 29.8 Å². The predicted octanol–water partition coefficient (Wildman–Crippen LogP) is 2.05.